The van der Waals surface area contributed by atoms with Crippen molar-refractivity contribution in [3.05, 3.63) is 18.0 Å². The van der Waals surface area contributed by atoms with Crippen molar-refractivity contribution >= 4 is 10.0 Å². The molecule has 1 heterocycles. The maximum Gasteiger partial charge on any atom is 0.245 e. The third-order valence-corrected chi connectivity index (χ3v) is 4.91. The molecular weight excluding hydrogens is 286 g/mol. The van der Waals surface area contributed by atoms with E-state index in [9.17, 15) is 8.42 Å². The van der Waals surface area contributed by atoms with Crippen LogP contribution in [0.4, 0.5) is 0 Å². The van der Waals surface area contributed by atoms with E-state index in [-0.39, 0.29) is 6.54 Å². The van der Waals surface area contributed by atoms with Gasteiger partial charge in [0.25, 0.3) is 0 Å². The molecule has 0 radical (unpaired) electrons. The second-order valence-corrected chi connectivity index (χ2v) is 7.41. The Balaban J connectivity index is 3.09. The lowest BCUT2D eigenvalue weighted by Gasteiger charge is -2.12. The van der Waals surface area contributed by atoms with Gasteiger partial charge in [-0.05, 0) is 12.5 Å². The minimum atomic E-state index is -3.52. The highest BCUT2D eigenvalue weighted by molar-refractivity contribution is 7.89. The van der Waals surface area contributed by atoms with Crippen molar-refractivity contribution in [2.24, 2.45) is 0 Å². The zero-order chi connectivity index (χ0) is 16.0. The summed E-state index contributed by atoms with van der Waals surface area (Å²) in [6.45, 7) is 7.70. The van der Waals surface area contributed by atoms with Crippen LogP contribution < -0.4 is 5.32 Å². The van der Waals surface area contributed by atoms with E-state index >= 15 is 0 Å². The van der Waals surface area contributed by atoms with Gasteiger partial charge in [0.1, 0.15) is 4.90 Å². The summed E-state index contributed by atoms with van der Waals surface area (Å²) in [5.41, 5.74) is 0.971. The molecule has 1 aromatic heterocycles. The highest BCUT2D eigenvalue weighted by Crippen LogP contribution is 2.18. The molecule has 0 saturated heterocycles. The topological polar surface area (TPSA) is 54.3 Å². The van der Waals surface area contributed by atoms with Crippen LogP contribution in [0.25, 0.3) is 0 Å². The minimum absolute atomic E-state index is 0.0703. The first kappa shape index (κ1) is 17.8. The first-order chi connectivity index (χ1) is 9.82. The molecule has 0 aliphatic rings. The van der Waals surface area contributed by atoms with E-state index < -0.39 is 10.0 Å². The molecule has 1 rings (SSSR count). The first-order valence-corrected chi connectivity index (χ1v) is 8.59. The zero-order valence-corrected chi connectivity index (χ0v) is 14.1. The van der Waals surface area contributed by atoms with Crippen molar-refractivity contribution in [1.82, 2.24) is 14.2 Å². The van der Waals surface area contributed by atoms with Gasteiger partial charge in [-0.3, -0.25) is 0 Å². The molecule has 0 unspecified atom stereocenters. The Kier molecular flexibility index (Phi) is 6.46. The summed E-state index contributed by atoms with van der Waals surface area (Å²) >= 11 is 0. The molecule has 5 nitrogen and oxygen atoms in total. The number of nitrogens with zero attached hydrogens (tertiary/aromatic N) is 2. The maximum atomic E-state index is 12.4. The van der Waals surface area contributed by atoms with Crippen LogP contribution in [-0.4, -0.2) is 36.9 Å². The van der Waals surface area contributed by atoms with Gasteiger partial charge in [-0.2, -0.15) is 4.31 Å². The highest BCUT2D eigenvalue weighted by Gasteiger charge is 2.22. The molecule has 1 N–H and O–H groups in total. The molecule has 0 amide bonds. The Morgan fingerprint density at radius 3 is 2.67 bits per heavy atom. The zero-order valence-electron chi connectivity index (χ0n) is 13.3. The largest absolute Gasteiger partial charge is 0.349 e. The molecule has 1 aromatic rings. The monoisotopic (exact) mass is 311 g/mol. The van der Waals surface area contributed by atoms with Gasteiger partial charge in [-0.25, -0.2) is 8.42 Å². The van der Waals surface area contributed by atoms with Crippen molar-refractivity contribution < 1.29 is 8.42 Å². The van der Waals surface area contributed by atoms with E-state index in [4.69, 9.17) is 6.42 Å². The van der Waals surface area contributed by atoms with Gasteiger partial charge in [-0.15, -0.1) is 6.42 Å². The number of rotatable bonds is 8. The number of aromatic nitrogens is 1. The minimum Gasteiger partial charge on any atom is -0.349 e. The average molecular weight is 311 g/mol. The molecule has 6 heteroatoms. The molecule has 0 bridgehead atoms. The van der Waals surface area contributed by atoms with Gasteiger partial charge >= 0.3 is 0 Å². The molecule has 118 valence electrons. The second-order valence-electron chi connectivity index (χ2n) is 5.36. The van der Waals surface area contributed by atoms with Crippen LogP contribution in [0, 0.1) is 12.3 Å². The molecule has 0 saturated carbocycles. The van der Waals surface area contributed by atoms with Crippen LogP contribution in [0.15, 0.2) is 17.2 Å². The number of nitrogens with one attached hydrogen (secondary N) is 1. The summed E-state index contributed by atoms with van der Waals surface area (Å²) < 4.78 is 28.0. The predicted octanol–water partition coefficient (Wildman–Crippen LogP) is 1.65. The van der Waals surface area contributed by atoms with Crippen LogP contribution in [0.3, 0.4) is 0 Å². The van der Waals surface area contributed by atoms with Crippen molar-refractivity contribution in [2.45, 2.75) is 51.2 Å². The van der Waals surface area contributed by atoms with E-state index in [1.165, 1.54) is 11.4 Å². The van der Waals surface area contributed by atoms with Gasteiger partial charge in [0, 0.05) is 38.1 Å². The Bertz CT molecular complexity index is 597. The van der Waals surface area contributed by atoms with Crippen molar-refractivity contribution in [1.29, 1.82) is 0 Å². The van der Waals surface area contributed by atoms with Crippen LogP contribution >= 0.6 is 0 Å². The normalized spacial score (nSPS) is 12.0. The summed E-state index contributed by atoms with van der Waals surface area (Å²) in [5.74, 6) is 2.36. The van der Waals surface area contributed by atoms with Crippen LogP contribution in [0.2, 0.25) is 0 Å². The molecule has 0 aliphatic heterocycles. The van der Waals surface area contributed by atoms with Gasteiger partial charge in [0.2, 0.25) is 10.0 Å². The average Bonchev–Trinajstić information content (AvgIpc) is 2.81. The van der Waals surface area contributed by atoms with Gasteiger partial charge in [0.05, 0.1) is 6.54 Å². The fraction of sp³-hybridized carbons (Fsp3) is 0.600. The lowest BCUT2D eigenvalue weighted by Crippen LogP contribution is -2.27. The number of aryl methyl sites for hydroxylation is 1. The Hall–Kier alpha value is -1.29. The highest BCUT2D eigenvalue weighted by atomic mass is 32.2. The van der Waals surface area contributed by atoms with Crippen molar-refractivity contribution in [3.63, 3.8) is 0 Å². The summed E-state index contributed by atoms with van der Waals surface area (Å²) in [5, 5.41) is 3.32. The SMILES string of the molecule is C#CCN(C)S(=O)(=O)c1cc(CNC(C)C)n(CCC)c1. The number of sulfonamides is 1. The van der Waals surface area contributed by atoms with Crippen LogP contribution in [-0.2, 0) is 23.1 Å². The third-order valence-electron chi connectivity index (χ3n) is 3.14. The molecule has 0 atom stereocenters. The van der Waals surface area contributed by atoms with Crippen molar-refractivity contribution in [3.8, 4) is 12.3 Å². The maximum absolute atomic E-state index is 12.4. The van der Waals surface area contributed by atoms with E-state index in [0.717, 1.165) is 18.7 Å². The lowest BCUT2D eigenvalue weighted by atomic mass is 10.3. The van der Waals surface area contributed by atoms with Gasteiger partial charge < -0.3 is 9.88 Å². The molecule has 0 fully saturated rings. The third kappa shape index (κ3) is 4.60. The fourth-order valence-electron chi connectivity index (χ4n) is 1.97. The predicted molar refractivity (Wildman–Crippen MR) is 85.3 cm³/mol. The number of hydrogen-bond acceptors (Lipinski definition) is 3. The summed E-state index contributed by atoms with van der Waals surface area (Å²) in [6.07, 6.45) is 7.84. The van der Waals surface area contributed by atoms with Crippen LogP contribution in [0.5, 0.6) is 0 Å². The van der Waals surface area contributed by atoms with Gasteiger partial charge in [-0.1, -0.05) is 26.7 Å². The van der Waals surface area contributed by atoms with E-state index in [0.29, 0.717) is 17.5 Å². The van der Waals surface area contributed by atoms with E-state index in [2.05, 4.69) is 32.0 Å². The molecule has 0 aliphatic carbocycles. The molecule has 0 aromatic carbocycles. The summed E-state index contributed by atoms with van der Waals surface area (Å²) in [6, 6.07) is 2.08. The fourth-order valence-corrected chi connectivity index (χ4v) is 3.12. The summed E-state index contributed by atoms with van der Waals surface area (Å²) in [4.78, 5) is 0.300. The summed E-state index contributed by atoms with van der Waals surface area (Å²) in [7, 11) is -2.02. The Morgan fingerprint density at radius 1 is 1.48 bits per heavy atom. The second kappa shape index (κ2) is 7.64. The quantitative estimate of drug-likeness (QED) is 0.743. The van der Waals surface area contributed by atoms with Crippen molar-refractivity contribution in [2.75, 3.05) is 13.6 Å². The lowest BCUT2D eigenvalue weighted by molar-refractivity contribution is 0.502. The number of terminal acetylenes is 1. The molecule has 0 spiro atoms. The Labute approximate surface area is 128 Å². The molecular formula is C15H25N3O2S. The van der Waals surface area contributed by atoms with Crippen LogP contribution in [0.1, 0.15) is 32.9 Å². The van der Waals surface area contributed by atoms with E-state index in [1.54, 1.807) is 12.3 Å². The van der Waals surface area contributed by atoms with E-state index in [1.807, 2.05) is 4.57 Å². The van der Waals surface area contributed by atoms with Gasteiger partial charge in [0.15, 0.2) is 0 Å². The first-order valence-electron chi connectivity index (χ1n) is 7.15. The number of hydrogen-bond donors (Lipinski definition) is 1. The Morgan fingerprint density at radius 2 is 2.14 bits per heavy atom. The smallest absolute Gasteiger partial charge is 0.245 e. The molecule has 21 heavy (non-hydrogen) atoms. The standard InChI is InChI=1S/C15H25N3O2S/c1-6-8-17(5)21(19,20)15-10-14(11-16-13(3)4)18(12-15)9-7-2/h1,10,12-13,16H,7-9,11H2,2-5H3.